The first kappa shape index (κ1) is 20.8. The standard InChI is InChI=1S/C30H25NO2/c1-31-21-27(26-15-9-10-16-28(26)31)30(23-13-7-4-8-14-23,24-17-19-25(33-2)20-18-24)29(32)22-11-5-3-6-12-22/h3-21H,1-2H3. The summed E-state index contributed by atoms with van der Waals surface area (Å²) in [6.07, 6.45) is 2.10. The lowest BCUT2D eigenvalue weighted by molar-refractivity contribution is 0.0935. The number of carbonyl (C=O) groups excluding carboxylic acids is 1. The Hall–Kier alpha value is -4.11. The van der Waals surface area contributed by atoms with Gasteiger partial charge in [0.2, 0.25) is 0 Å². The topological polar surface area (TPSA) is 31.2 Å². The van der Waals surface area contributed by atoms with Crippen LogP contribution < -0.4 is 4.74 Å². The van der Waals surface area contributed by atoms with Crippen LogP contribution in [0.1, 0.15) is 27.0 Å². The van der Waals surface area contributed by atoms with Crippen LogP contribution in [0.25, 0.3) is 10.9 Å². The molecule has 1 aromatic heterocycles. The number of fused-ring (bicyclic) bond motifs is 1. The van der Waals surface area contributed by atoms with Crippen LogP contribution in [0.4, 0.5) is 0 Å². The fourth-order valence-electron chi connectivity index (χ4n) is 4.84. The van der Waals surface area contributed by atoms with Crippen molar-refractivity contribution in [1.82, 2.24) is 4.57 Å². The van der Waals surface area contributed by atoms with Crippen molar-refractivity contribution in [1.29, 1.82) is 0 Å². The van der Waals surface area contributed by atoms with Gasteiger partial charge in [-0.05, 0) is 29.3 Å². The Balaban J connectivity index is 1.93. The normalized spacial score (nSPS) is 12.9. The Labute approximate surface area is 193 Å². The summed E-state index contributed by atoms with van der Waals surface area (Å²) in [5, 5.41) is 1.06. The third kappa shape index (κ3) is 3.33. The molecule has 0 saturated heterocycles. The van der Waals surface area contributed by atoms with E-state index in [0.29, 0.717) is 5.56 Å². The molecule has 0 saturated carbocycles. The van der Waals surface area contributed by atoms with E-state index in [1.807, 2.05) is 104 Å². The summed E-state index contributed by atoms with van der Waals surface area (Å²) < 4.78 is 7.53. The molecule has 33 heavy (non-hydrogen) atoms. The van der Waals surface area contributed by atoms with Gasteiger partial charge in [0.25, 0.3) is 0 Å². The van der Waals surface area contributed by atoms with Crippen molar-refractivity contribution in [2.75, 3.05) is 7.11 Å². The Morgan fingerprint density at radius 2 is 1.30 bits per heavy atom. The van der Waals surface area contributed by atoms with Gasteiger partial charge in [-0.2, -0.15) is 0 Å². The SMILES string of the molecule is COc1ccc(C(C(=O)c2ccccc2)(c2ccccc2)c2cn(C)c3ccccc23)cc1. The first-order valence-corrected chi connectivity index (χ1v) is 11.0. The lowest BCUT2D eigenvalue weighted by Crippen LogP contribution is -2.38. The molecule has 0 aliphatic heterocycles. The van der Waals surface area contributed by atoms with Crippen LogP contribution in [0.3, 0.4) is 0 Å². The molecule has 0 radical (unpaired) electrons. The van der Waals surface area contributed by atoms with E-state index in [1.54, 1.807) is 7.11 Å². The molecule has 1 unspecified atom stereocenters. The molecule has 0 fully saturated rings. The van der Waals surface area contributed by atoms with Gasteiger partial charge in [0, 0.05) is 35.3 Å². The average Bonchev–Trinajstić information content (AvgIpc) is 3.23. The van der Waals surface area contributed by atoms with Crippen LogP contribution in [0, 0.1) is 0 Å². The minimum absolute atomic E-state index is 0.0378. The van der Waals surface area contributed by atoms with E-state index in [9.17, 15) is 4.79 Å². The molecule has 1 heterocycles. The molecule has 0 N–H and O–H groups in total. The highest BCUT2D eigenvalue weighted by Gasteiger charge is 2.45. The van der Waals surface area contributed by atoms with E-state index < -0.39 is 5.41 Å². The van der Waals surface area contributed by atoms with Crippen LogP contribution in [-0.2, 0) is 12.5 Å². The lowest BCUT2D eigenvalue weighted by atomic mass is 9.65. The van der Waals surface area contributed by atoms with Gasteiger partial charge in [0.15, 0.2) is 5.78 Å². The van der Waals surface area contributed by atoms with E-state index in [0.717, 1.165) is 33.3 Å². The molecule has 0 spiro atoms. The first-order valence-electron chi connectivity index (χ1n) is 11.0. The Bertz CT molecular complexity index is 1400. The smallest absolute Gasteiger partial charge is 0.182 e. The largest absolute Gasteiger partial charge is 0.497 e. The average molecular weight is 432 g/mol. The molecule has 3 nitrogen and oxygen atoms in total. The minimum Gasteiger partial charge on any atom is -0.497 e. The summed E-state index contributed by atoms with van der Waals surface area (Å²) in [7, 11) is 3.68. The highest BCUT2D eigenvalue weighted by atomic mass is 16.5. The summed E-state index contributed by atoms with van der Waals surface area (Å²) in [6.45, 7) is 0. The molecule has 5 aromatic rings. The molecule has 1 atom stereocenters. The van der Waals surface area contributed by atoms with E-state index >= 15 is 0 Å². The second-order valence-electron chi connectivity index (χ2n) is 8.21. The second-order valence-corrected chi connectivity index (χ2v) is 8.21. The zero-order chi connectivity index (χ0) is 22.8. The van der Waals surface area contributed by atoms with Crippen molar-refractivity contribution in [2.24, 2.45) is 7.05 Å². The molecule has 5 rings (SSSR count). The van der Waals surface area contributed by atoms with Crippen LogP contribution in [0.5, 0.6) is 5.75 Å². The number of ether oxygens (including phenoxy) is 1. The maximum atomic E-state index is 14.6. The molecule has 4 aromatic carbocycles. The number of rotatable bonds is 6. The maximum absolute atomic E-state index is 14.6. The number of carbonyl (C=O) groups is 1. The highest BCUT2D eigenvalue weighted by Crippen LogP contribution is 2.45. The third-order valence-electron chi connectivity index (χ3n) is 6.41. The van der Waals surface area contributed by atoms with E-state index in [-0.39, 0.29) is 5.78 Å². The van der Waals surface area contributed by atoms with Gasteiger partial charge in [0.05, 0.1) is 7.11 Å². The van der Waals surface area contributed by atoms with Crippen LogP contribution in [-0.4, -0.2) is 17.5 Å². The first-order chi connectivity index (χ1) is 16.2. The van der Waals surface area contributed by atoms with Gasteiger partial charge in [-0.15, -0.1) is 0 Å². The van der Waals surface area contributed by atoms with Gasteiger partial charge < -0.3 is 9.30 Å². The quantitative estimate of drug-likeness (QED) is 0.291. The van der Waals surface area contributed by atoms with Gasteiger partial charge in [0.1, 0.15) is 11.2 Å². The molecule has 0 amide bonds. The number of hydrogen-bond acceptors (Lipinski definition) is 2. The van der Waals surface area contributed by atoms with Crippen molar-refractivity contribution in [3.05, 3.63) is 138 Å². The molecule has 3 heteroatoms. The fraction of sp³-hybridized carbons (Fsp3) is 0.100. The molecule has 0 bridgehead atoms. The summed E-state index contributed by atoms with van der Waals surface area (Å²) in [5.41, 5.74) is 3.52. The molecular weight excluding hydrogens is 406 g/mol. The second kappa shape index (κ2) is 8.44. The molecular formula is C30H25NO2. The Kier molecular flexibility index (Phi) is 5.31. The number of benzene rings is 4. The maximum Gasteiger partial charge on any atom is 0.182 e. The summed E-state index contributed by atoms with van der Waals surface area (Å²) >= 11 is 0. The summed E-state index contributed by atoms with van der Waals surface area (Å²) in [6, 6.07) is 35.8. The number of aromatic nitrogens is 1. The number of aryl methyl sites for hydroxylation is 1. The van der Waals surface area contributed by atoms with Crippen molar-refractivity contribution in [3.63, 3.8) is 0 Å². The monoisotopic (exact) mass is 431 g/mol. The molecule has 0 aliphatic rings. The van der Waals surface area contributed by atoms with Crippen molar-refractivity contribution < 1.29 is 9.53 Å². The minimum atomic E-state index is -1.03. The Morgan fingerprint density at radius 3 is 1.97 bits per heavy atom. The highest BCUT2D eigenvalue weighted by molar-refractivity contribution is 6.11. The van der Waals surface area contributed by atoms with Gasteiger partial charge in [-0.25, -0.2) is 0 Å². The molecule has 162 valence electrons. The number of hydrogen-bond donors (Lipinski definition) is 0. The zero-order valence-corrected chi connectivity index (χ0v) is 18.7. The number of nitrogens with zero attached hydrogens (tertiary/aromatic N) is 1. The predicted molar refractivity (Wildman–Crippen MR) is 133 cm³/mol. The predicted octanol–water partition coefficient (Wildman–Crippen LogP) is 6.40. The fourth-order valence-corrected chi connectivity index (χ4v) is 4.84. The summed E-state index contributed by atoms with van der Waals surface area (Å²) in [4.78, 5) is 14.6. The zero-order valence-electron chi connectivity index (χ0n) is 18.7. The van der Waals surface area contributed by atoms with E-state index in [2.05, 4.69) is 22.9 Å². The van der Waals surface area contributed by atoms with Crippen molar-refractivity contribution in [2.45, 2.75) is 5.41 Å². The van der Waals surface area contributed by atoms with Crippen molar-refractivity contribution in [3.8, 4) is 5.75 Å². The van der Waals surface area contributed by atoms with Crippen LogP contribution >= 0.6 is 0 Å². The number of Topliss-reactive ketones (excluding diaryl/α,β-unsaturated/α-hetero) is 1. The number of para-hydroxylation sites is 1. The number of ketones is 1. The van der Waals surface area contributed by atoms with Crippen molar-refractivity contribution >= 4 is 16.7 Å². The summed E-state index contributed by atoms with van der Waals surface area (Å²) in [5.74, 6) is 0.793. The van der Waals surface area contributed by atoms with E-state index in [1.165, 1.54) is 0 Å². The van der Waals surface area contributed by atoms with E-state index in [4.69, 9.17) is 4.74 Å². The van der Waals surface area contributed by atoms with Gasteiger partial charge in [-0.1, -0.05) is 91.0 Å². The van der Waals surface area contributed by atoms with Gasteiger partial charge in [-0.3, -0.25) is 4.79 Å². The van der Waals surface area contributed by atoms with Gasteiger partial charge >= 0.3 is 0 Å². The molecule has 0 aliphatic carbocycles. The Morgan fingerprint density at radius 1 is 0.727 bits per heavy atom. The third-order valence-corrected chi connectivity index (χ3v) is 6.41. The number of methoxy groups -OCH3 is 1. The lowest BCUT2D eigenvalue weighted by Gasteiger charge is -2.34. The van der Waals surface area contributed by atoms with Crippen LogP contribution in [0.15, 0.2) is 115 Å². The van der Waals surface area contributed by atoms with Crippen LogP contribution in [0.2, 0.25) is 0 Å².